The summed E-state index contributed by atoms with van der Waals surface area (Å²) in [6.45, 7) is 5.94. The molecule has 3 nitrogen and oxygen atoms in total. The average Bonchev–Trinajstić information content (AvgIpc) is 2.94. The second kappa shape index (κ2) is 6.33. The topological polar surface area (TPSA) is 24.5 Å². The highest BCUT2D eigenvalue weighted by atomic mass is 16.5. The SMILES string of the molecule is CNC(C)C1CCN(C2CCOC3(CCCC3)C2)CC1. The predicted molar refractivity (Wildman–Crippen MR) is 83.0 cm³/mol. The van der Waals surface area contributed by atoms with Crippen molar-refractivity contribution in [1.82, 2.24) is 10.2 Å². The lowest BCUT2D eigenvalue weighted by molar-refractivity contribution is -0.105. The van der Waals surface area contributed by atoms with Crippen molar-refractivity contribution in [3.63, 3.8) is 0 Å². The minimum atomic E-state index is 0.276. The van der Waals surface area contributed by atoms with Crippen molar-refractivity contribution < 1.29 is 4.74 Å². The van der Waals surface area contributed by atoms with Gasteiger partial charge in [-0.25, -0.2) is 0 Å². The van der Waals surface area contributed by atoms with Crippen LogP contribution in [-0.4, -0.2) is 49.3 Å². The third-order valence-electron chi connectivity index (χ3n) is 6.23. The molecule has 0 radical (unpaired) electrons. The highest BCUT2D eigenvalue weighted by Crippen LogP contribution is 2.41. The van der Waals surface area contributed by atoms with Gasteiger partial charge in [-0.05, 0) is 71.5 Å². The zero-order chi connectivity index (χ0) is 14.0. The van der Waals surface area contributed by atoms with Gasteiger partial charge in [0.1, 0.15) is 0 Å². The van der Waals surface area contributed by atoms with Gasteiger partial charge in [0.05, 0.1) is 5.60 Å². The van der Waals surface area contributed by atoms with Crippen molar-refractivity contribution in [1.29, 1.82) is 0 Å². The zero-order valence-electron chi connectivity index (χ0n) is 13.4. The molecule has 1 N–H and O–H groups in total. The molecule has 0 aromatic heterocycles. The van der Waals surface area contributed by atoms with Gasteiger partial charge in [-0.15, -0.1) is 0 Å². The number of piperidine rings is 1. The van der Waals surface area contributed by atoms with E-state index in [9.17, 15) is 0 Å². The fourth-order valence-electron chi connectivity index (χ4n) is 4.70. The summed E-state index contributed by atoms with van der Waals surface area (Å²) in [4.78, 5) is 2.78. The second-order valence-electron chi connectivity index (χ2n) is 7.34. The summed E-state index contributed by atoms with van der Waals surface area (Å²) < 4.78 is 6.19. The third kappa shape index (κ3) is 3.05. The zero-order valence-corrected chi connectivity index (χ0v) is 13.4. The Morgan fingerprint density at radius 2 is 1.85 bits per heavy atom. The number of nitrogens with one attached hydrogen (secondary N) is 1. The smallest absolute Gasteiger partial charge is 0.0697 e. The maximum Gasteiger partial charge on any atom is 0.0697 e. The molecule has 3 rings (SSSR count). The van der Waals surface area contributed by atoms with Crippen LogP contribution in [0.5, 0.6) is 0 Å². The molecule has 1 saturated carbocycles. The maximum atomic E-state index is 6.19. The molecule has 116 valence electrons. The number of hydrogen-bond acceptors (Lipinski definition) is 3. The number of rotatable bonds is 3. The Morgan fingerprint density at radius 3 is 2.50 bits per heavy atom. The van der Waals surface area contributed by atoms with Crippen LogP contribution in [0.1, 0.15) is 58.3 Å². The van der Waals surface area contributed by atoms with E-state index < -0.39 is 0 Å². The van der Waals surface area contributed by atoms with Crippen LogP contribution in [0.4, 0.5) is 0 Å². The van der Waals surface area contributed by atoms with Gasteiger partial charge >= 0.3 is 0 Å². The third-order valence-corrected chi connectivity index (χ3v) is 6.23. The first-order valence-electron chi connectivity index (χ1n) is 8.78. The number of hydrogen-bond donors (Lipinski definition) is 1. The van der Waals surface area contributed by atoms with Crippen LogP contribution < -0.4 is 5.32 Å². The predicted octanol–water partition coefficient (Wildman–Crippen LogP) is 2.80. The summed E-state index contributed by atoms with van der Waals surface area (Å²) in [6, 6.07) is 1.47. The van der Waals surface area contributed by atoms with E-state index in [-0.39, 0.29) is 5.60 Å². The molecule has 0 aromatic carbocycles. The van der Waals surface area contributed by atoms with E-state index in [1.807, 2.05) is 0 Å². The maximum absolute atomic E-state index is 6.19. The first kappa shape index (κ1) is 14.8. The van der Waals surface area contributed by atoms with E-state index >= 15 is 0 Å². The molecule has 20 heavy (non-hydrogen) atoms. The molecule has 3 fully saturated rings. The van der Waals surface area contributed by atoms with Gasteiger partial charge in [0.15, 0.2) is 0 Å². The quantitative estimate of drug-likeness (QED) is 0.860. The minimum absolute atomic E-state index is 0.276. The Balaban J connectivity index is 1.52. The molecule has 2 saturated heterocycles. The lowest BCUT2D eigenvalue weighted by atomic mass is 9.85. The molecule has 2 atom stereocenters. The highest BCUT2D eigenvalue weighted by molar-refractivity contribution is 4.95. The van der Waals surface area contributed by atoms with Gasteiger partial charge in [0.2, 0.25) is 0 Å². The first-order valence-corrected chi connectivity index (χ1v) is 8.78. The van der Waals surface area contributed by atoms with Crippen molar-refractivity contribution in [2.45, 2.75) is 76.0 Å². The van der Waals surface area contributed by atoms with Crippen molar-refractivity contribution >= 4 is 0 Å². The standard InChI is InChI=1S/C17H32N2O/c1-14(18-2)15-5-10-19(11-6-15)16-7-12-20-17(13-16)8-3-4-9-17/h14-16,18H,3-13H2,1-2H3. The molecule has 2 unspecified atom stereocenters. The highest BCUT2D eigenvalue weighted by Gasteiger charge is 2.42. The Kier molecular flexibility index (Phi) is 4.68. The van der Waals surface area contributed by atoms with Gasteiger partial charge in [0.25, 0.3) is 0 Å². The number of nitrogens with zero attached hydrogens (tertiary/aromatic N) is 1. The number of likely N-dealkylation sites (tertiary alicyclic amines) is 1. The molecule has 0 amide bonds. The fourth-order valence-corrected chi connectivity index (χ4v) is 4.70. The average molecular weight is 280 g/mol. The van der Waals surface area contributed by atoms with Crippen LogP contribution in [0.25, 0.3) is 0 Å². The van der Waals surface area contributed by atoms with Crippen LogP contribution in [-0.2, 0) is 4.74 Å². The molecule has 3 heteroatoms. The fraction of sp³-hybridized carbons (Fsp3) is 1.00. The van der Waals surface area contributed by atoms with Crippen molar-refractivity contribution in [2.24, 2.45) is 5.92 Å². The van der Waals surface area contributed by atoms with Crippen LogP contribution in [0, 0.1) is 5.92 Å². The van der Waals surface area contributed by atoms with E-state index in [0.29, 0.717) is 6.04 Å². The van der Waals surface area contributed by atoms with Crippen molar-refractivity contribution in [3.05, 3.63) is 0 Å². The van der Waals surface area contributed by atoms with Gasteiger partial charge < -0.3 is 15.0 Å². The largest absolute Gasteiger partial charge is 0.375 e. The van der Waals surface area contributed by atoms with Crippen LogP contribution in [0.3, 0.4) is 0 Å². The molecular weight excluding hydrogens is 248 g/mol. The van der Waals surface area contributed by atoms with E-state index in [4.69, 9.17) is 4.74 Å². The summed E-state index contributed by atoms with van der Waals surface area (Å²) >= 11 is 0. The monoisotopic (exact) mass is 280 g/mol. The Morgan fingerprint density at radius 1 is 1.15 bits per heavy atom. The van der Waals surface area contributed by atoms with Gasteiger partial charge in [-0.2, -0.15) is 0 Å². The molecule has 3 aliphatic rings. The van der Waals surface area contributed by atoms with E-state index in [1.165, 1.54) is 64.5 Å². The summed E-state index contributed by atoms with van der Waals surface area (Å²) in [5.74, 6) is 0.872. The Labute approximate surface area is 124 Å². The lowest BCUT2D eigenvalue weighted by Gasteiger charge is -2.45. The van der Waals surface area contributed by atoms with Crippen LogP contribution in [0.2, 0.25) is 0 Å². The normalized spacial score (nSPS) is 33.6. The molecule has 2 heterocycles. The Bertz CT molecular complexity index is 306. The number of ether oxygens (including phenoxy) is 1. The molecule has 0 bridgehead atoms. The van der Waals surface area contributed by atoms with Crippen molar-refractivity contribution in [2.75, 3.05) is 26.7 Å². The minimum Gasteiger partial charge on any atom is -0.375 e. The first-order chi connectivity index (χ1) is 9.72. The summed E-state index contributed by atoms with van der Waals surface area (Å²) in [6.07, 6.45) is 10.7. The Hall–Kier alpha value is -0.120. The van der Waals surface area contributed by atoms with E-state index in [2.05, 4.69) is 24.2 Å². The van der Waals surface area contributed by atoms with E-state index in [0.717, 1.165) is 18.6 Å². The second-order valence-corrected chi connectivity index (χ2v) is 7.34. The lowest BCUT2D eigenvalue weighted by Crippen LogP contribution is -2.51. The van der Waals surface area contributed by atoms with Crippen LogP contribution >= 0.6 is 0 Å². The van der Waals surface area contributed by atoms with Crippen LogP contribution in [0.15, 0.2) is 0 Å². The van der Waals surface area contributed by atoms with Gasteiger partial charge in [0, 0.05) is 18.7 Å². The van der Waals surface area contributed by atoms with Crippen molar-refractivity contribution in [3.8, 4) is 0 Å². The summed E-state index contributed by atoms with van der Waals surface area (Å²) in [5, 5.41) is 3.43. The van der Waals surface area contributed by atoms with E-state index in [1.54, 1.807) is 0 Å². The van der Waals surface area contributed by atoms with Gasteiger partial charge in [-0.1, -0.05) is 12.8 Å². The molecule has 0 aromatic rings. The molecule has 1 aliphatic carbocycles. The molecule has 2 aliphatic heterocycles. The molecular formula is C17H32N2O. The summed E-state index contributed by atoms with van der Waals surface area (Å²) in [7, 11) is 2.10. The summed E-state index contributed by atoms with van der Waals surface area (Å²) in [5.41, 5.74) is 0.276. The van der Waals surface area contributed by atoms with Gasteiger partial charge in [-0.3, -0.25) is 0 Å². The molecule has 1 spiro atoms.